The highest BCUT2D eigenvalue weighted by Gasteiger charge is 2.32. The monoisotopic (exact) mass is 435 g/mol. The number of likely N-dealkylation sites (tertiary alicyclic amines) is 1. The summed E-state index contributed by atoms with van der Waals surface area (Å²) in [7, 11) is -3.77. The normalized spacial score (nSPS) is 21.2. The molecule has 2 aliphatic rings. The van der Waals surface area contributed by atoms with E-state index in [9.17, 15) is 13.2 Å². The van der Waals surface area contributed by atoms with E-state index in [-0.39, 0.29) is 23.2 Å². The molecular weight excluding hydrogens is 410 g/mol. The van der Waals surface area contributed by atoms with Gasteiger partial charge in [-0.15, -0.1) is 12.4 Å². The lowest BCUT2D eigenvalue weighted by Crippen LogP contribution is -2.39. The Kier molecular flexibility index (Phi) is 6.51. The van der Waals surface area contributed by atoms with Gasteiger partial charge in [-0.05, 0) is 50.5 Å². The van der Waals surface area contributed by atoms with Crippen LogP contribution in [-0.4, -0.2) is 44.4 Å². The van der Waals surface area contributed by atoms with Crippen molar-refractivity contribution in [2.45, 2.75) is 43.2 Å². The van der Waals surface area contributed by atoms with Gasteiger partial charge in [-0.3, -0.25) is 9.52 Å². The van der Waals surface area contributed by atoms with Crippen molar-refractivity contribution in [3.63, 3.8) is 0 Å². The predicted molar refractivity (Wildman–Crippen MR) is 116 cm³/mol. The molecule has 4 rings (SSSR count). The molecule has 29 heavy (non-hydrogen) atoms. The fourth-order valence-electron chi connectivity index (χ4n) is 3.98. The van der Waals surface area contributed by atoms with E-state index in [1.54, 1.807) is 48.5 Å². The Balaban J connectivity index is 0.00000240. The first-order chi connectivity index (χ1) is 13.4. The fourth-order valence-corrected chi connectivity index (χ4v) is 5.06. The number of anilines is 1. The molecule has 2 N–H and O–H groups in total. The van der Waals surface area contributed by atoms with Gasteiger partial charge in [-0.25, -0.2) is 8.42 Å². The summed E-state index contributed by atoms with van der Waals surface area (Å²) in [5.74, 6) is -0.128. The molecule has 2 atom stereocenters. The number of amides is 1. The molecule has 2 aliphatic heterocycles. The molecule has 156 valence electrons. The Morgan fingerprint density at radius 1 is 1.03 bits per heavy atom. The average molecular weight is 436 g/mol. The number of para-hydroxylation sites is 1. The molecule has 2 aromatic rings. The standard InChI is InChI=1S/C21H25N3O3S.ClH/c1-15-6-10-18(11-7-15)28(26,27)23-20-5-3-2-4-19(20)21(25)24-13-12-16-8-9-17(14-24)22-16;/h2-7,10-11,16-17,22-23H,8-9,12-14H2,1H3;1H. The molecule has 2 bridgehead atoms. The minimum atomic E-state index is -3.77. The Bertz CT molecular complexity index is 979. The van der Waals surface area contributed by atoms with Crippen molar-refractivity contribution in [3.8, 4) is 0 Å². The average Bonchev–Trinajstić information content (AvgIpc) is 3.00. The van der Waals surface area contributed by atoms with Crippen LogP contribution in [0.1, 0.15) is 35.2 Å². The lowest BCUT2D eigenvalue weighted by atomic mass is 10.1. The molecule has 0 saturated carbocycles. The van der Waals surface area contributed by atoms with Gasteiger partial charge in [0.25, 0.3) is 15.9 Å². The SMILES string of the molecule is Cc1ccc(S(=O)(=O)Nc2ccccc2C(=O)N2CCC3CCC(C2)N3)cc1.Cl. The second kappa shape index (κ2) is 8.73. The quantitative estimate of drug-likeness (QED) is 0.773. The van der Waals surface area contributed by atoms with E-state index in [2.05, 4.69) is 10.0 Å². The van der Waals surface area contributed by atoms with Crippen molar-refractivity contribution in [2.24, 2.45) is 0 Å². The third-order valence-corrected chi connectivity index (χ3v) is 6.92. The highest BCUT2D eigenvalue weighted by atomic mass is 35.5. The molecule has 2 saturated heterocycles. The second-order valence-corrected chi connectivity index (χ2v) is 9.32. The van der Waals surface area contributed by atoms with E-state index in [1.807, 2.05) is 11.8 Å². The molecule has 0 aromatic heterocycles. The zero-order valence-electron chi connectivity index (χ0n) is 16.3. The van der Waals surface area contributed by atoms with E-state index in [0.29, 0.717) is 36.4 Å². The summed E-state index contributed by atoms with van der Waals surface area (Å²) in [6, 6.07) is 14.3. The molecule has 0 aliphatic carbocycles. The molecule has 0 radical (unpaired) electrons. The van der Waals surface area contributed by atoms with Gasteiger partial charge in [0.15, 0.2) is 0 Å². The summed E-state index contributed by atoms with van der Waals surface area (Å²) in [6.07, 6.45) is 3.18. The van der Waals surface area contributed by atoms with E-state index in [4.69, 9.17) is 0 Å². The summed E-state index contributed by atoms with van der Waals surface area (Å²) in [5.41, 5.74) is 1.69. The molecule has 0 spiro atoms. The third-order valence-electron chi connectivity index (χ3n) is 5.54. The number of nitrogens with zero attached hydrogens (tertiary/aromatic N) is 1. The topological polar surface area (TPSA) is 78.5 Å². The van der Waals surface area contributed by atoms with Crippen molar-refractivity contribution in [1.29, 1.82) is 0 Å². The summed E-state index contributed by atoms with van der Waals surface area (Å²) in [6.45, 7) is 3.25. The highest BCUT2D eigenvalue weighted by molar-refractivity contribution is 7.92. The second-order valence-electron chi connectivity index (χ2n) is 7.64. The largest absolute Gasteiger partial charge is 0.337 e. The van der Waals surface area contributed by atoms with Crippen molar-refractivity contribution in [2.75, 3.05) is 17.8 Å². The molecule has 1 amide bonds. The third kappa shape index (κ3) is 4.74. The van der Waals surface area contributed by atoms with E-state index >= 15 is 0 Å². The molecule has 2 heterocycles. The smallest absolute Gasteiger partial charge is 0.261 e. The Morgan fingerprint density at radius 2 is 1.72 bits per heavy atom. The van der Waals surface area contributed by atoms with Crippen molar-refractivity contribution < 1.29 is 13.2 Å². The number of rotatable bonds is 4. The number of carbonyl (C=O) groups is 1. The summed E-state index contributed by atoms with van der Waals surface area (Å²) in [5, 5.41) is 3.56. The van der Waals surface area contributed by atoms with Gasteiger partial charge < -0.3 is 10.2 Å². The fraction of sp³-hybridized carbons (Fsp3) is 0.381. The van der Waals surface area contributed by atoms with E-state index < -0.39 is 10.0 Å². The molecule has 2 fully saturated rings. The number of aryl methyl sites for hydroxylation is 1. The Labute approximate surface area is 178 Å². The number of fused-ring (bicyclic) bond motifs is 2. The maximum atomic E-state index is 13.2. The van der Waals surface area contributed by atoms with Crippen LogP contribution in [0.3, 0.4) is 0 Å². The lowest BCUT2D eigenvalue weighted by Gasteiger charge is -2.25. The van der Waals surface area contributed by atoms with E-state index in [1.165, 1.54) is 6.42 Å². The first-order valence-electron chi connectivity index (χ1n) is 9.66. The lowest BCUT2D eigenvalue weighted by molar-refractivity contribution is 0.0749. The summed E-state index contributed by atoms with van der Waals surface area (Å²) >= 11 is 0. The van der Waals surface area contributed by atoms with Gasteiger partial charge in [0, 0.05) is 25.2 Å². The zero-order valence-corrected chi connectivity index (χ0v) is 17.9. The number of benzene rings is 2. The molecular formula is C21H26ClN3O3S. The van der Waals surface area contributed by atoms with Crippen molar-refractivity contribution in [1.82, 2.24) is 10.2 Å². The van der Waals surface area contributed by atoms with Crippen LogP contribution < -0.4 is 10.0 Å². The molecule has 6 nitrogen and oxygen atoms in total. The minimum absolute atomic E-state index is 0. The first-order valence-corrected chi connectivity index (χ1v) is 11.1. The van der Waals surface area contributed by atoms with Crippen LogP contribution >= 0.6 is 12.4 Å². The summed E-state index contributed by atoms with van der Waals surface area (Å²) in [4.78, 5) is 15.2. The number of hydrogen-bond donors (Lipinski definition) is 2. The summed E-state index contributed by atoms with van der Waals surface area (Å²) < 4.78 is 28.2. The predicted octanol–water partition coefficient (Wildman–Crippen LogP) is 3.18. The van der Waals surface area contributed by atoms with Gasteiger partial charge >= 0.3 is 0 Å². The zero-order chi connectivity index (χ0) is 19.7. The van der Waals surface area contributed by atoms with E-state index in [0.717, 1.165) is 18.4 Å². The van der Waals surface area contributed by atoms with Gasteiger partial charge in [-0.2, -0.15) is 0 Å². The van der Waals surface area contributed by atoms with Gasteiger partial charge in [0.2, 0.25) is 0 Å². The van der Waals surface area contributed by atoms with Crippen LogP contribution in [0, 0.1) is 6.92 Å². The Morgan fingerprint density at radius 3 is 2.48 bits per heavy atom. The molecule has 8 heteroatoms. The van der Waals surface area contributed by atoms with Crippen molar-refractivity contribution >= 4 is 34.0 Å². The number of sulfonamides is 1. The van der Waals surface area contributed by atoms with Crippen LogP contribution in [0.4, 0.5) is 5.69 Å². The van der Waals surface area contributed by atoms with Gasteiger partial charge in [0.1, 0.15) is 0 Å². The minimum Gasteiger partial charge on any atom is -0.337 e. The van der Waals surface area contributed by atoms with Gasteiger partial charge in [-0.1, -0.05) is 29.8 Å². The molecule has 2 aromatic carbocycles. The van der Waals surface area contributed by atoms with Crippen LogP contribution in [0.5, 0.6) is 0 Å². The van der Waals surface area contributed by atoms with Crippen LogP contribution in [0.25, 0.3) is 0 Å². The van der Waals surface area contributed by atoms with Crippen LogP contribution in [-0.2, 0) is 10.0 Å². The highest BCUT2D eigenvalue weighted by Crippen LogP contribution is 2.25. The first kappa shape index (κ1) is 21.6. The van der Waals surface area contributed by atoms with Crippen molar-refractivity contribution in [3.05, 3.63) is 59.7 Å². The maximum Gasteiger partial charge on any atom is 0.261 e. The number of hydrogen-bond acceptors (Lipinski definition) is 4. The number of nitrogens with one attached hydrogen (secondary N) is 2. The van der Waals surface area contributed by atoms with Crippen LogP contribution in [0.2, 0.25) is 0 Å². The number of carbonyl (C=O) groups excluding carboxylic acids is 1. The molecule has 2 unspecified atom stereocenters. The maximum absolute atomic E-state index is 13.2. The van der Waals surface area contributed by atoms with Gasteiger partial charge in [0.05, 0.1) is 16.1 Å². The van der Waals surface area contributed by atoms with Crippen LogP contribution in [0.15, 0.2) is 53.4 Å². The number of halogens is 1. The Hall–Kier alpha value is -2.09.